The minimum absolute atomic E-state index is 0.201. The third kappa shape index (κ3) is 53.6. The Bertz CT molecular complexity index is 1890. The maximum absolute atomic E-state index is 13.1. The van der Waals surface area contributed by atoms with Gasteiger partial charge in [0.05, 0.1) is 25.4 Å². The zero-order valence-electron chi connectivity index (χ0n) is 55.5. The maximum Gasteiger partial charge on any atom is 0.220 e. The molecular formula is C78H131NO8. The molecule has 9 heteroatoms. The predicted octanol–water partition coefficient (Wildman–Crippen LogP) is 19.7. The third-order valence-electron chi connectivity index (χ3n) is 15.9. The van der Waals surface area contributed by atoms with E-state index in [1.165, 1.54) is 141 Å². The first-order chi connectivity index (χ1) is 42.8. The lowest BCUT2D eigenvalue weighted by Crippen LogP contribution is -2.60. The molecule has 0 bridgehead atoms. The van der Waals surface area contributed by atoms with Crippen LogP contribution in [0.25, 0.3) is 0 Å². The van der Waals surface area contributed by atoms with Gasteiger partial charge in [-0.3, -0.25) is 4.79 Å². The molecule has 0 aliphatic carbocycles. The number of allylic oxidation sites excluding steroid dienone is 23. The van der Waals surface area contributed by atoms with Gasteiger partial charge >= 0.3 is 0 Å². The average Bonchev–Trinajstić information content (AvgIpc) is 3.37. The molecule has 7 unspecified atom stereocenters. The highest BCUT2D eigenvalue weighted by Gasteiger charge is 2.44. The number of nitrogens with one attached hydrogen (secondary N) is 1. The molecule has 1 amide bonds. The highest BCUT2D eigenvalue weighted by Crippen LogP contribution is 2.23. The monoisotopic (exact) mass is 1210 g/mol. The van der Waals surface area contributed by atoms with Crippen LogP contribution in [0, 0.1) is 0 Å². The summed E-state index contributed by atoms with van der Waals surface area (Å²) in [6.07, 6.45) is 93.7. The van der Waals surface area contributed by atoms with Crippen LogP contribution in [0.5, 0.6) is 0 Å². The number of hydrogen-bond acceptors (Lipinski definition) is 8. The number of aliphatic hydroxyl groups excluding tert-OH is 5. The average molecular weight is 1210 g/mol. The Morgan fingerprint density at radius 1 is 0.402 bits per heavy atom. The van der Waals surface area contributed by atoms with E-state index in [1.54, 1.807) is 6.08 Å². The lowest BCUT2D eigenvalue weighted by atomic mass is 9.99. The Balaban J connectivity index is 2.19. The number of amides is 1. The van der Waals surface area contributed by atoms with Crippen LogP contribution in [0.1, 0.15) is 284 Å². The van der Waals surface area contributed by atoms with E-state index in [1.807, 2.05) is 6.08 Å². The van der Waals surface area contributed by atoms with Gasteiger partial charge in [0.25, 0.3) is 0 Å². The molecule has 0 aromatic carbocycles. The molecule has 6 N–H and O–H groups in total. The second kappa shape index (κ2) is 65.0. The van der Waals surface area contributed by atoms with Crippen molar-refractivity contribution in [1.82, 2.24) is 5.32 Å². The molecule has 1 saturated heterocycles. The summed E-state index contributed by atoms with van der Waals surface area (Å²) in [4.78, 5) is 13.1. The summed E-state index contributed by atoms with van der Waals surface area (Å²) in [5, 5.41) is 54.7. The summed E-state index contributed by atoms with van der Waals surface area (Å²) < 4.78 is 11.3. The molecule has 1 fully saturated rings. The summed E-state index contributed by atoms with van der Waals surface area (Å²) in [7, 11) is 0. The lowest BCUT2D eigenvalue weighted by Gasteiger charge is -2.40. The number of hydrogen-bond donors (Lipinski definition) is 6. The van der Waals surface area contributed by atoms with Crippen molar-refractivity contribution in [1.29, 1.82) is 0 Å². The van der Waals surface area contributed by atoms with Crippen molar-refractivity contribution < 1.29 is 39.8 Å². The molecule has 496 valence electrons. The minimum atomic E-state index is -1.59. The van der Waals surface area contributed by atoms with Crippen LogP contribution in [-0.4, -0.2) is 87.5 Å². The van der Waals surface area contributed by atoms with Crippen LogP contribution >= 0.6 is 0 Å². The van der Waals surface area contributed by atoms with Crippen molar-refractivity contribution in [2.45, 2.75) is 326 Å². The molecular weight excluding hydrogens is 1080 g/mol. The van der Waals surface area contributed by atoms with E-state index in [9.17, 15) is 30.3 Å². The largest absolute Gasteiger partial charge is 0.394 e. The number of carbonyl (C=O) groups excluding carboxylic acids is 1. The Kier molecular flexibility index (Phi) is 60.6. The molecule has 0 aromatic rings. The Morgan fingerprint density at radius 3 is 1.10 bits per heavy atom. The fourth-order valence-electron chi connectivity index (χ4n) is 10.4. The van der Waals surface area contributed by atoms with E-state index in [2.05, 4.69) is 153 Å². The zero-order valence-corrected chi connectivity index (χ0v) is 55.5. The maximum atomic E-state index is 13.1. The summed E-state index contributed by atoms with van der Waals surface area (Å²) in [6.45, 7) is 3.65. The highest BCUT2D eigenvalue weighted by atomic mass is 16.7. The van der Waals surface area contributed by atoms with E-state index in [0.29, 0.717) is 6.42 Å². The van der Waals surface area contributed by atoms with Gasteiger partial charge in [0.15, 0.2) is 6.29 Å². The molecule has 7 atom stereocenters. The van der Waals surface area contributed by atoms with Crippen LogP contribution in [0.15, 0.2) is 146 Å². The fourth-order valence-corrected chi connectivity index (χ4v) is 10.4. The second-order valence-electron chi connectivity index (χ2n) is 23.9. The Morgan fingerprint density at radius 2 is 0.724 bits per heavy atom. The number of aliphatic hydroxyl groups is 5. The molecule has 0 spiro atoms. The van der Waals surface area contributed by atoms with Gasteiger partial charge in [0, 0.05) is 6.42 Å². The molecule has 1 aliphatic heterocycles. The minimum Gasteiger partial charge on any atom is -0.394 e. The van der Waals surface area contributed by atoms with Gasteiger partial charge in [-0.05, 0) is 116 Å². The normalized spacial score (nSPS) is 18.9. The number of carbonyl (C=O) groups is 1. The van der Waals surface area contributed by atoms with Gasteiger partial charge in [-0.25, -0.2) is 0 Å². The lowest BCUT2D eigenvalue weighted by molar-refractivity contribution is -0.302. The topological polar surface area (TPSA) is 149 Å². The van der Waals surface area contributed by atoms with E-state index >= 15 is 0 Å². The van der Waals surface area contributed by atoms with Crippen LogP contribution in [-0.2, 0) is 14.3 Å². The first-order valence-corrected chi connectivity index (χ1v) is 35.6. The number of rotatable bonds is 60. The highest BCUT2D eigenvalue weighted by molar-refractivity contribution is 5.76. The van der Waals surface area contributed by atoms with E-state index < -0.39 is 49.5 Å². The van der Waals surface area contributed by atoms with E-state index in [4.69, 9.17) is 9.47 Å². The quantitative estimate of drug-likeness (QED) is 0.0261. The fraction of sp³-hybridized carbons (Fsp3) is 0.679. The smallest absolute Gasteiger partial charge is 0.220 e. The number of ether oxygens (including phenoxy) is 2. The van der Waals surface area contributed by atoms with Crippen molar-refractivity contribution in [3.8, 4) is 0 Å². The first kappa shape index (κ1) is 81.1. The molecule has 0 radical (unpaired) electrons. The molecule has 1 rings (SSSR count). The van der Waals surface area contributed by atoms with Gasteiger partial charge < -0.3 is 40.3 Å². The second-order valence-corrected chi connectivity index (χ2v) is 23.9. The summed E-state index contributed by atoms with van der Waals surface area (Å²) >= 11 is 0. The van der Waals surface area contributed by atoms with Gasteiger partial charge in [-0.2, -0.15) is 0 Å². The van der Waals surface area contributed by atoms with Gasteiger partial charge in [0.2, 0.25) is 5.91 Å². The van der Waals surface area contributed by atoms with Crippen molar-refractivity contribution in [2.75, 3.05) is 13.2 Å². The summed E-state index contributed by atoms with van der Waals surface area (Å²) in [5.41, 5.74) is 0. The van der Waals surface area contributed by atoms with Gasteiger partial charge in [-0.1, -0.05) is 307 Å². The first-order valence-electron chi connectivity index (χ1n) is 35.6. The number of unbranched alkanes of at least 4 members (excludes halogenated alkanes) is 28. The molecule has 0 saturated carbocycles. The third-order valence-corrected chi connectivity index (χ3v) is 15.9. The Labute approximate surface area is 533 Å². The molecule has 9 nitrogen and oxygen atoms in total. The van der Waals surface area contributed by atoms with Crippen LogP contribution in [0.3, 0.4) is 0 Å². The SMILES string of the molecule is CC/C=C\C/C=C\C/C=C\C/C=C\C/C=C\C/C=C\C/C=C\C/C=C\C/C=C\CCCCCCCCCCCC(=O)NC(COC1OC(CO)C(O)C(O)C1O)C(O)/C=C/CC/C=C/CC/C=C/CCCCCCCCCCCCCCCCCCC. The summed E-state index contributed by atoms with van der Waals surface area (Å²) in [5.74, 6) is -0.201. The van der Waals surface area contributed by atoms with Crippen molar-refractivity contribution in [2.24, 2.45) is 0 Å². The Hall–Kier alpha value is -3.93. The van der Waals surface area contributed by atoms with Crippen molar-refractivity contribution in [3.63, 3.8) is 0 Å². The van der Waals surface area contributed by atoms with E-state index in [-0.39, 0.29) is 12.5 Å². The molecule has 1 aliphatic rings. The van der Waals surface area contributed by atoms with Crippen molar-refractivity contribution in [3.05, 3.63) is 146 Å². The van der Waals surface area contributed by atoms with Crippen LogP contribution < -0.4 is 5.32 Å². The van der Waals surface area contributed by atoms with Gasteiger partial charge in [-0.15, -0.1) is 0 Å². The predicted molar refractivity (Wildman–Crippen MR) is 373 cm³/mol. The van der Waals surface area contributed by atoms with Crippen LogP contribution in [0.4, 0.5) is 0 Å². The van der Waals surface area contributed by atoms with Crippen molar-refractivity contribution >= 4 is 5.91 Å². The standard InChI is InChI=1S/C78H131NO8/c1-3-5-7-9-11-13-15-17-19-21-23-25-27-29-31-32-33-34-35-36-37-38-39-40-42-44-46-48-50-52-54-56-58-60-62-64-66-68-74(82)79-71(70-86-78-77(85)76(84)75(83)73(69-80)87-78)72(81)67-65-63-61-59-57-55-53-51-49-47-45-43-41-30-28-26-24-22-20-18-16-14-12-10-8-6-4-2/h5,7,11,13,17,19,23,25,29,31,33-34,36-37,39-40,44,46,49,51,57,59,65,67,71-73,75-78,80-81,83-85H,3-4,6,8-10,12,14-16,18,20-22,24,26-28,30,32,35,38,41-43,45,47-48,50,52-56,58,60-64,66,68-70H2,1-2H3,(H,79,82)/b7-5-,13-11-,19-17-,25-23-,31-29-,34-33-,37-36-,40-39-,46-44-,51-49+,59-57+,67-65+. The molecule has 0 aromatic heterocycles. The zero-order chi connectivity index (χ0) is 62.8. The van der Waals surface area contributed by atoms with E-state index in [0.717, 1.165) is 122 Å². The molecule has 1 heterocycles. The van der Waals surface area contributed by atoms with Gasteiger partial charge in [0.1, 0.15) is 24.4 Å². The molecule has 87 heavy (non-hydrogen) atoms. The van der Waals surface area contributed by atoms with Crippen LogP contribution in [0.2, 0.25) is 0 Å². The summed E-state index contributed by atoms with van der Waals surface area (Å²) in [6, 6.07) is -0.844.